The van der Waals surface area contributed by atoms with Crippen molar-refractivity contribution in [2.45, 2.75) is 51.9 Å². The summed E-state index contributed by atoms with van der Waals surface area (Å²) in [6, 6.07) is 11.2. The first-order chi connectivity index (χ1) is 18.7. The van der Waals surface area contributed by atoms with E-state index in [9.17, 15) is 13.2 Å². The zero-order valence-corrected chi connectivity index (χ0v) is 23.1. The van der Waals surface area contributed by atoms with Crippen LogP contribution in [0, 0.1) is 0 Å². The number of aromatic nitrogens is 3. The fourth-order valence-corrected chi connectivity index (χ4v) is 5.70. The fourth-order valence-electron chi connectivity index (χ4n) is 5.21. The molecule has 0 bridgehead atoms. The maximum Gasteiger partial charge on any atom is 0.254 e. The van der Waals surface area contributed by atoms with E-state index in [0.29, 0.717) is 30.7 Å². The van der Waals surface area contributed by atoms with E-state index in [1.165, 1.54) is 12.3 Å². The van der Waals surface area contributed by atoms with Gasteiger partial charge in [0.15, 0.2) is 0 Å². The van der Waals surface area contributed by atoms with E-state index in [1.807, 2.05) is 42.3 Å². The smallest absolute Gasteiger partial charge is 0.254 e. The summed E-state index contributed by atoms with van der Waals surface area (Å²) >= 11 is 0. The predicted octanol–water partition coefficient (Wildman–Crippen LogP) is 3.39. The number of amides is 1. The van der Waals surface area contributed by atoms with Crippen LogP contribution in [0.5, 0.6) is 5.75 Å². The van der Waals surface area contributed by atoms with Crippen LogP contribution in [0.15, 0.2) is 48.8 Å². The van der Waals surface area contributed by atoms with E-state index in [4.69, 9.17) is 9.72 Å². The number of anilines is 3. The van der Waals surface area contributed by atoms with Crippen LogP contribution >= 0.6 is 0 Å². The quantitative estimate of drug-likeness (QED) is 0.433. The summed E-state index contributed by atoms with van der Waals surface area (Å²) in [5.41, 5.74) is 3.42. The van der Waals surface area contributed by atoms with Crippen LogP contribution in [-0.2, 0) is 23.1 Å². The first-order valence-electron chi connectivity index (χ1n) is 13.0. The highest BCUT2D eigenvalue weighted by molar-refractivity contribution is 7.92. The first-order valence-corrected chi connectivity index (χ1v) is 14.9. The van der Waals surface area contributed by atoms with Crippen LogP contribution in [0.25, 0.3) is 0 Å². The number of sulfonamides is 1. The molecular formula is C27H33N7O4S. The van der Waals surface area contributed by atoms with E-state index < -0.39 is 10.0 Å². The molecule has 4 heterocycles. The minimum Gasteiger partial charge on any atom is -0.494 e. The van der Waals surface area contributed by atoms with Gasteiger partial charge >= 0.3 is 0 Å². The number of piperidine rings is 1. The van der Waals surface area contributed by atoms with E-state index in [1.54, 1.807) is 6.07 Å². The summed E-state index contributed by atoms with van der Waals surface area (Å²) < 4.78 is 31.0. The van der Waals surface area contributed by atoms with Gasteiger partial charge in [0.05, 0.1) is 18.6 Å². The summed E-state index contributed by atoms with van der Waals surface area (Å²) in [6.07, 6.45) is 6.07. The van der Waals surface area contributed by atoms with Gasteiger partial charge in [0.25, 0.3) is 5.91 Å². The molecule has 2 aliphatic heterocycles. The number of carbonyl (C=O) groups excluding carboxylic acids is 1. The standard InChI is InChI=1S/C27H33N7O4S/c1-4-38-23-7-5-6-21(14-23)30-27-29-15-20-16-33(17-24(20)31-27)22-9-11-34(18(2)12-22)26(35)19-8-10-28-25(13-19)32-39(3,36)37/h5-8,10,13-15,18,22H,4,9,11-12,16-17H2,1-3H3,(H,28,32)(H,29,30,31)/t18-,22-/m1/s1. The number of pyridine rings is 1. The molecule has 206 valence electrons. The van der Waals surface area contributed by atoms with Gasteiger partial charge in [-0.3, -0.25) is 14.4 Å². The molecule has 2 atom stereocenters. The Kier molecular flexibility index (Phi) is 7.67. The second-order valence-corrected chi connectivity index (χ2v) is 11.7. The molecule has 39 heavy (non-hydrogen) atoms. The molecule has 11 nitrogen and oxygen atoms in total. The minimum absolute atomic E-state index is 0.0281. The second kappa shape index (κ2) is 11.1. The van der Waals surface area contributed by atoms with Crippen LogP contribution in [0.3, 0.4) is 0 Å². The van der Waals surface area contributed by atoms with Crippen molar-refractivity contribution in [1.82, 2.24) is 24.8 Å². The SMILES string of the molecule is CCOc1cccc(Nc2ncc3c(n2)CN([C@@H]2CCN(C(=O)c4ccnc(NS(C)(=O)=O)c4)[C@H](C)C2)C3)c1. The van der Waals surface area contributed by atoms with Gasteiger partial charge in [-0.05, 0) is 51.0 Å². The van der Waals surface area contributed by atoms with Crippen molar-refractivity contribution in [3.8, 4) is 5.75 Å². The highest BCUT2D eigenvalue weighted by atomic mass is 32.2. The Labute approximate surface area is 228 Å². The molecular weight excluding hydrogens is 518 g/mol. The molecule has 0 radical (unpaired) electrons. The third kappa shape index (κ3) is 6.45. The third-order valence-electron chi connectivity index (χ3n) is 7.00. The summed E-state index contributed by atoms with van der Waals surface area (Å²) in [5.74, 6) is 1.36. The van der Waals surface area contributed by atoms with Gasteiger partial charge in [-0.25, -0.2) is 23.4 Å². The van der Waals surface area contributed by atoms with E-state index in [2.05, 4.69) is 31.8 Å². The van der Waals surface area contributed by atoms with Gasteiger partial charge in [0.2, 0.25) is 16.0 Å². The number of benzene rings is 1. The monoisotopic (exact) mass is 551 g/mol. The summed E-state index contributed by atoms with van der Waals surface area (Å²) in [6.45, 7) is 6.75. The lowest BCUT2D eigenvalue weighted by molar-refractivity contribution is 0.0460. The summed E-state index contributed by atoms with van der Waals surface area (Å²) in [4.78, 5) is 30.8. The number of carbonyl (C=O) groups is 1. The number of nitrogens with one attached hydrogen (secondary N) is 2. The molecule has 1 amide bonds. The normalized spacial score (nSPS) is 19.4. The number of hydrogen-bond donors (Lipinski definition) is 2. The number of rotatable bonds is 8. The zero-order chi connectivity index (χ0) is 27.6. The average molecular weight is 552 g/mol. The lowest BCUT2D eigenvalue weighted by Crippen LogP contribution is -2.50. The maximum absolute atomic E-state index is 13.3. The van der Waals surface area contributed by atoms with Crippen molar-refractivity contribution >= 4 is 33.4 Å². The van der Waals surface area contributed by atoms with Gasteiger partial charge in [0, 0.05) is 67.0 Å². The Morgan fingerprint density at radius 2 is 2.03 bits per heavy atom. The number of ether oxygens (including phenoxy) is 1. The average Bonchev–Trinajstić information content (AvgIpc) is 3.31. The number of fused-ring (bicyclic) bond motifs is 1. The summed E-state index contributed by atoms with van der Waals surface area (Å²) in [7, 11) is -3.48. The van der Waals surface area contributed by atoms with E-state index in [0.717, 1.165) is 54.9 Å². The third-order valence-corrected chi connectivity index (χ3v) is 7.58. The highest BCUT2D eigenvalue weighted by Crippen LogP contribution is 2.31. The lowest BCUT2D eigenvalue weighted by Gasteiger charge is -2.41. The van der Waals surface area contributed by atoms with Crippen LogP contribution in [0.2, 0.25) is 0 Å². The molecule has 0 spiro atoms. The molecule has 1 aromatic carbocycles. The molecule has 2 aromatic heterocycles. The Balaban J connectivity index is 1.20. The van der Waals surface area contributed by atoms with Crippen molar-refractivity contribution in [2.24, 2.45) is 0 Å². The summed E-state index contributed by atoms with van der Waals surface area (Å²) in [5, 5.41) is 3.28. The van der Waals surface area contributed by atoms with E-state index in [-0.39, 0.29) is 17.8 Å². The van der Waals surface area contributed by atoms with Crippen molar-refractivity contribution in [3.05, 3.63) is 65.6 Å². The Morgan fingerprint density at radius 3 is 2.79 bits per heavy atom. The molecule has 1 saturated heterocycles. The van der Waals surface area contributed by atoms with Crippen LogP contribution in [0.4, 0.5) is 17.5 Å². The fraction of sp³-hybridized carbons (Fsp3) is 0.407. The molecule has 1 fully saturated rings. The van der Waals surface area contributed by atoms with Crippen molar-refractivity contribution in [3.63, 3.8) is 0 Å². The molecule has 2 N–H and O–H groups in total. The van der Waals surface area contributed by atoms with Crippen molar-refractivity contribution < 1.29 is 17.9 Å². The first kappa shape index (κ1) is 26.8. The van der Waals surface area contributed by atoms with Gasteiger partial charge in [-0.2, -0.15) is 0 Å². The Bertz CT molecular complexity index is 1470. The van der Waals surface area contributed by atoms with Gasteiger partial charge in [-0.1, -0.05) is 6.07 Å². The largest absolute Gasteiger partial charge is 0.494 e. The molecule has 3 aromatic rings. The van der Waals surface area contributed by atoms with Crippen molar-refractivity contribution in [1.29, 1.82) is 0 Å². The molecule has 2 aliphatic rings. The lowest BCUT2D eigenvalue weighted by atomic mass is 9.96. The van der Waals surface area contributed by atoms with Crippen LogP contribution in [0.1, 0.15) is 48.3 Å². The molecule has 12 heteroatoms. The zero-order valence-electron chi connectivity index (χ0n) is 22.3. The van der Waals surface area contributed by atoms with Gasteiger partial charge in [0.1, 0.15) is 11.6 Å². The minimum atomic E-state index is -3.48. The van der Waals surface area contributed by atoms with Gasteiger partial charge in [-0.15, -0.1) is 0 Å². The Morgan fingerprint density at radius 1 is 1.18 bits per heavy atom. The van der Waals surface area contributed by atoms with Crippen LogP contribution in [-0.4, -0.2) is 70.6 Å². The second-order valence-electron chi connectivity index (χ2n) is 9.99. The van der Waals surface area contributed by atoms with Crippen molar-refractivity contribution in [2.75, 3.05) is 29.4 Å². The molecule has 0 saturated carbocycles. The number of hydrogen-bond acceptors (Lipinski definition) is 9. The van der Waals surface area contributed by atoms with Gasteiger partial charge < -0.3 is 15.0 Å². The molecule has 0 unspecified atom stereocenters. The van der Waals surface area contributed by atoms with Crippen LogP contribution < -0.4 is 14.8 Å². The number of likely N-dealkylation sites (tertiary alicyclic amines) is 1. The Hall–Kier alpha value is -3.77. The maximum atomic E-state index is 13.3. The topological polar surface area (TPSA) is 130 Å². The predicted molar refractivity (Wildman–Crippen MR) is 148 cm³/mol. The number of nitrogens with zero attached hydrogens (tertiary/aromatic N) is 5. The van der Waals surface area contributed by atoms with E-state index >= 15 is 0 Å². The molecule has 0 aliphatic carbocycles. The highest BCUT2D eigenvalue weighted by Gasteiger charge is 2.35. The molecule has 5 rings (SSSR count).